The van der Waals surface area contributed by atoms with E-state index in [2.05, 4.69) is 4.98 Å². The number of amides is 1. The van der Waals surface area contributed by atoms with Crippen molar-refractivity contribution in [3.63, 3.8) is 0 Å². The Hall–Kier alpha value is -1.52. The smallest absolute Gasteiger partial charge is 0.410 e. The van der Waals surface area contributed by atoms with E-state index in [-0.39, 0.29) is 6.09 Å². The van der Waals surface area contributed by atoms with E-state index in [0.717, 1.165) is 13.0 Å². The Morgan fingerprint density at radius 2 is 2.22 bits per heavy atom. The van der Waals surface area contributed by atoms with Crippen LogP contribution >= 0.6 is 0 Å². The van der Waals surface area contributed by atoms with E-state index in [0.29, 0.717) is 12.5 Å². The van der Waals surface area contributed by atoms with Crippen molar-refractivity contribution in [1.82, 2.24) is 14.5 Å². The molecule has 2 heterocycles. The summed E-state index contributed by atoms with van der Waals surface area (Å²) in [6, 6.07) is 0. The maximum atomic E-state index is 11.9. The van der Waals surface area contributed by atoms with Gasteiger partial charge in [-0.25, -0.2) is 9.78 Å². The maximum absolute atomic E-state index is 11.9. The van der Waals surface area contributed by atoms with E-state index in [1.165, 1.54) is 5.69 Å². The van der Waals surface area contributed by atoms with Gasteiger partial charge >= 0.3 is 6.09 Å². The van der Waals surface area contributed by atoms with Gasteiger partial charge in [-0.15, -0.1) is 0 Å². The van der Waals surface area contributed by atoms with Crippen molar-refractivity contribution in [3.05, 3.63) is 18.2 Å². The normalized spacial score (nSPS) is 20.2. The highest BCUT2D eigenvalue weighted by molar-refractivity contribution is 5.68. The number of hydrogen-bond acceptors (Lipinski definition) is 3. The van der Waals surface area contributed by atoms with Crippen LogP contribution in [0.25, 0.3) is 0 Å². The summed E-state index contributed by atoms with van der Waals surface area (Å²) < 4.78 is 7.40. The van der Waals surface area contributed by atoms with Crippen LogP contribution in [-0.2, 0) is 11.8 Å². The van der Waals surface area contributed by atoms with Crippen LogP contribution in [0.15, 0.2) is 12.5 Å². The largest absolute Gasteiger partial charge is 0.444 e. The molecule has 2 rings (SSSR count). The molecular formula is C13H21N3O2. The first-order chi connectivity index (χ1) is 8.37. The number of aryl methyl sites for hydroxylation is 1. The minimum atomic E-state index is -0.429. The second-order valence-electron chi connectivity index (χ2n) is 5.84. The predicted octanol–water partition coefficient (Wildman–Crippen LogP) is 2.14. The van der Waals surface area contributed by atoms with Crippen molar-refractivity contribution in [2.75, 3.05) is 13.1 Å². The summed E-state index contributed by atoms with van der Waals surface area (Å²) in [6.07, 6.45) is 4.43. The van der Waals surface area contributed by atoms with Crippen LogP contribution in [0.1, 0.15) is 38.8 Å². The van der Waals surface area contributed by atoms with Crippen molar-refractivity contribution < 1.29 is 9.53 Å². The van der Waals surface area contributed by atoms with Gasteiger partial charge in [0, 0.05) is 37.9 Å². The Morgan fingerprint density at radius 3 is 2.78 bits per heavy atom. The van der Waals surface area contributed by atoms with Crippen LogP contribution in [0.4, 0.5) is 4.79 Å². The number of carbonyl (C=O) groups excluding carboxylic acids is 1. The van der Waals surface area contributed by atoms with E-state index in [9.17, 15) is 4.79 Å². The van der Waals surface area contributed by atoms with Gasteiger partial charge in [-0.3, -0.25) is 0 Å². The Labute approximate surface area is 108 Å². The molecule has 100 valence electrons. The molecule has 1 aromatic rings. The minimum absolute atomic E-state index is 0.216. The predicted molar refractivity (Wildman–Crippen MR) is 68.4 cm³/mol. The second-order valence-corrected chi connectivity index (χ2v) is 5.84. The third-order valence-corrected chi connectivity index (χ3v) is 3.11. The molecule has 1 unspecified atom stereocenters. The molecule has 0 spiro atoms. The molecule has 1 aliphatic rings. The zero-order chi connectivity index (χ0) is 13.3. The van der Waals surface area contributed by atoms with Crippen LogP contribution in [-0.4, -0.2) is 39.2 Å². The summed E-state index contributed by atoms with van der Waals surface area (Å²) in [4.78, 5) is 17.8. The molecule has 0 aromatic carbocycles. The van der Waals surface area contributed by atoms with Crippen molar-refractivity contribution >= 4 is 6.09 Å². The summed E-state index contributed by atoms with van der Waals surface area (Å²) in [5.74, 6) is 0.366. The van der Waals surface area contributed by atoms with Gasteiger partial charge < -0.3 is 14.2 Å². The van der Waals surface area contributed by atoms with Gasteiger partial charge in [0.05, 0.1) is 6.33 Å². The first-order valence-electron chi connectivity index (χ1n) is 6.31. The molecule has 5 heteroatoms. The second kappa shape index (κ2) is 4.63. The minimum Gasteiger partial charge on any atom is -0.444 e. The van der Waals surface area contributed by atoms with Gasteiger partial charge in [0.2, 0.25) is 0 Å². The standard InChI is InChI=1S/C13H21N3O2/c1-13(2,3)18-12(17)16-6-5-10(8-16)11-7-14-9-15(11)4/h7,9-10H,5-6,8H2,1-4H3. The quantitative estimate of drug-likeness (QED) is 0.768. The fraction of sp³-hybridized carbons (Fsp3) is 0.692. The fourth-order valence-electron chi connectivity index (χ4n) is 2.25. The topological polar surface area (TPSA) is 47.4 Å². The molecule has 5 nitrogen and oxygen atoms in total. The summed E-state index contributed by atoms with van der Waals surface area (Å²) in [5.41, 5.74) is 0.753. The summed E-state index contributed by atoms with van der Waals surface area (Å²) in [7, 11) is 1.98. The van der Waals surface area contributed by atoms with E-state index in [4.69, 9.17) is 4.74 Å². The lowest BCUT2D eigenvalue weighted by molar-refractivity contribution is 0.0292. The fourth-order valence-corrected chi connectivity index (χ4v) is 2.25. The Bertz CT molecular complexity index is 434. The first kappa shape index (κ1) is 12.9. The lowest BCUT2D eigenvalue weighted by Crippen LogP contribution is -2.35. The molecular weight excluding hydrogens is 230 g/mol. The van der Waals surface area contributed by atoms with E-state index >= 15 is 0 Å². The molecule has 0 saturated carbocycles. The highest BCUT2D eigenvalue weighted by Crippen LogP contribution is 2.27. The molecule has 1 aromatic heterocycles. The highest BCUT2D eigenvalue weighted by atomic mass is 16.6. The van der Waals surface area contributed by atoms with Crippen molar-refractivity contribution in [1.29, 1.82) is 0 Å². The van der Waals surface area contributed by atoms with Gasteiger partial charge in [-0.05, 0) is 27.2 Å². The van der Waals surface area contributed by atoms with E-state index < -0.39 is 5.60 Å². The van der Waals surface area contributed by atoms with Crippen LogP contribution in [0.5, 0.6) is 0 Å². The number of imidazole rings is 1. The third-order valence-electron chi connectivity index (χ3n) is 3.11. The average molecular weight is 251 g/mol. The summed E-state index contributed by atoms with van der Waals surface area (Å²) in [6.45, 7) is 7.14. The molecule has 0 N–H and O–H groups in total. The van der Waals surface area contributed by atoms with E-state index in [1.807, 2.05) is 38.6 Å². The SMILES string of the molecule is Cn1cncc1C1CCN(C(=O)OC(C)(C)C)C1. The van der Waals surface area contributed by atoms with Gasteiger partial charge in [-0.1, -0.05) is 0 Å². The molecule has 0 bridgehead atoms. The lowest BCUT2D eigenvalue weighted by Gasteiger charge is -2.24. The molecule has 1 amide bonds. The molecule has 0 aliphatic carbocycles. The molecule has 1 fully saturated rings. The van der Waals surface area contributed by atoms with Crippen LogP contribution in [0, 0.1) is 0 Å². The number of likely N-dealkylation sites (tertiary alicyclic amines) is 1. The van der Waals surface area contributed by atoms with Crippen LogP contribution in [0.3, 0.4) is 0 Å². The van der Waals surface area contributed by atoms with E-state index in [1.54, 1.807) is 11.2 Å². The molecule has 18 heavy (non-hydrogen) atoms. The van der Waals surface area contributed by atoms with Gasteiger partial charge in [-0.2, -0.15) is 0 Å². The Balaban J connectivity index is 1.97. The number of nitrogens with zero attached hydrogens (tertiary/aromatic N) is 3. The Morgan fingerprint density at radius 1 is 1.50 bits per heavy atom. The van der Waals surface area contributed by atoms with Crippen molar-refractivity contribution in [3.8, 4) is 0 Å². The van der Waals surface area contributed by atoms with Crippen LogP contribution in [0.2, 0.25) is 0 Å². The number of rotatable bonds is 1. The molecule has 0 radical (unpaired) electrons. The van der Waals surface area contributed by atoms with Gasteiger partial charge in [0.1, 0.15) is 5.60 Å². The summed E-state index contributed by atoms with van der Waals surface area (Å²) >= 11 is 0. The van der Waals surface area contributed by atoms with Gasteiger partial charge in [0.15, 0.2) is 0 Å². The number of ether oxygens (including phenoxy) is 1. The van der Waals surface area contributed by atoms with Gasteiger partial charge in [0.25, 0.3) is 0 Å². The average Bonchev–Trinajstić information content (AvgIpc) is 2.82. The first-order valence-corrected chi connectivity index (χ1v) is 6.31. The zero-order valence-electron chi connectivity index (χ0n) is 11.5. The van der Waals surface area contributed by atoms with Crippen molar-refractivity contribution in [2.24, 2.45) is 7.05 Å². The lowest BCUT2D eigenvalue weighted by atomic mass is 10.1. The van der Waals surface area contributed by atoms with Crippen LogP contribution < -0.4 is 0 Å². The third kappa shape index (κ3) is 2.83. The summed E-state index contributed by atoms with van der Waals surface area (Å²) in [5, 5.41) is 0. The Kier molecular flexibility index (Phi) is 3.32. The molecule has 1 aliphatic heterocycles. The number of aromatic nitrogens is 2. The van der Waals surface area contributed by atoms with Crippen molar-refractivity contribution in [2.45, 2.75) is 38.7 Å². The number of carbonyl (C=O) groups is 1. The molecule has 1 saturated heterocycles. The zero-order valence-corrected chi connectivity index (χ0v) is 11.5. The maximum Gasteiger partial charge on any atom is 0.410 e. The molecule has 1 atom stereocenters. The monoisotopic (exact) mass is 251 g/mol. The highest BCUT2D eigenvalue weighted by Gasteiger charge is 2.31. The number of hydrogen-bond donors (Lipinski definition) is 0.